The minimum atomic E-state index is 0.168. The number of halogens is 1. The summed E-state index contributed by atoms with van der Waals surface area (Å²) in [6.07, 6.45) is 0. The van der Waals surface area contributed by atoms with Gasteiger partial charge in [0.2, 0.25) is 0 Å². The van der Waals surface area contributed by atoms with E-state index in [0.717, 1.165) is 47.7 Å². The summed E-state index contributed by atoms with van der Waals surface area (Å²) in [7, 11) is 1.70. The molecule has 1 unspecified atom stereocenters. The summed E-state index contributed by atoms with van der Waals surface area (Å²) in [5, 5.41) is 3.45. The zero-order chi connectivity index (χ0) is 20.8. The van der Waals surface area contributed by atoms with Crippen molar-refractivity contribution in [2.45, 2.75) is 12.6 Å². The largest absolute Gasteiger partial charge is 0.493 e. The molecule has 0 spiro atoms. The molecule has 1 heterocycles. The third-order valence-electron chi connectivity index (χ3n) is 5.42. The molecule has 3 aromatic carbocycles. The van der Waals surface area contributed by atoms with Crippen LogP contribution in [0.4, 0.5) is 0 Å². The molecule has 3 aromatic rings. The second-order valence-electron chi connectivity index (χ2n) is 7.43. The van der Waals surface area contributed by atoms with Gasteiger partial charge in [-0.15, -0.1) is 0 Å². The van der Waals surface area contributed by atoms with Crippen molar-refractivity contribution in [3.05, 3.63) is 94.0 Å². The lowest BCUT2D eigenvalue weighted by Gasteiger charge is -2.36. The van der Waals surface area contributed by atoms with Gasteiger partial charge < -0.3 is 14.8 Å². The van der Waals surface area contributed by atoms with Gasteiger partial charge in [-0.3, -0.25) is 4.90 Å². The SMILES string of the molecule is COc1cc(C(c2cccc(Br)c2)N2CCNCC2)ccc1OCc1ccccc1. The Morgan fingerprint density at radius 2 is 1.67 bits per heavy atom. The molecule has 30 heavy (non-hydrogen) atoms. The molecule has 1 N–H and O–H groups in total. The van der Waals surface area contributed by atoms with Gasteiger partial charge in [0.15, 0.2) is 11.5 Å². The Morgan fingerprint density at radius 3 is 2.40 bits per heavy atom. The predicted molar refractivity (Wildman–Crippen MR) is 124 cm³/mol. The van der Waals surface area contributed by atoms with E-state index in [1.807, 2.05) is 24.3 Å². The number of nitrogens with one attached hydrogen (secondary N) is 1. The van der Waals surface area contributed by atoms with Crippen LogP contribution in [0.15, 0.2) is 77.3 Å². The molecule has 0 aromatic heterocycles. The summed E-state index contributed by atoms with van der Waals surface area (Å²) >= 11 is 3.63. The maximum Gasteiger partial charge on any atom is 0.161 e. The number of nitrogens with zero attached hydrogens (tertiary/aromatic N) is 1. The Morgan fingerprint density at radius 1 is 0.900 bits per heavy atom. The van der Waals surface area contributed by atoms with Crippen LogP contribution < -0.4 is 14.8 Å². The van der Waals surface area contributed by atoms with E-state index < -0.39 is 0 Å². The molecule has 4 rings (SSSR count). The van der Waals surface area contributed by atoms with Crippen molar-refractivity contribution in [1.82, 2.24) is 10.2 Å². The van der Waals surface area contributed by atoms with Crippen molar-refractivity contribution in [2.75, 3.05) is 33.3 Å². The number of piperazine rings is 1. The summed E-state index contributed by atoms with van der Waals surface area (Å²) in [5.74, 6) is 1.52. The molecule has 0 aliphatic carbocycles. The van der Waals surface area contributed by atoms with E-state index in [0.29, 0.717) is 6.61 Å². The predicted octanol–water partition coefficient (Wildman–Crippen LogP) is 5.03. The fraction of sp³-hybridized carbons (Fsp3) is 0.280. The van der Waals surface area contributed by atoms with E-state index in [1.165, 1.54) is 11.1 Å². The van der Waals surface area contributed by atoms with Gasteiger partial charge in [0.25, 0.3) is 0 Å². The lowest BCUT2D eigenvalue weighted by atomic mass is 9.96. The lowest BCUT2D eigenvalue weighted by Crippen LogP contribution is -2.45. The second kappa shape index (κ2) is 10.1. The topological polar surface area (TPSA) is 33.7 Å². The molecule has 5 heteroatoms. The van der Waals surface area contributed by atoms with Crippen molar-refractivity contribution < 1.29 is 9.47 Å². The third kappa shape index (κ3) is 5.04. The molecule has 0 amide bonds. The molecule has 156 valence electrons. The van der Waals surface area contributed by atoms with Gasteiger partial charge in [0.1, 0.15) is 6.61 Å². The van der Waals surface area contributed by atoms with E-state index in [-0.39, 0.29) is 6.04 Å². The monoisotopic (exact) mass is 466 g/mol. The fourth-order valence-electron chi connectivity index (χ4n) is 3.94. The molecular formula is C25H27BrN2O2. The molecule has 1 aliphatic rings. The van der Waals surface area contributed by atoms with Crippen LogP contribution in [-0.4, -0.2) is 38.2 Å². The summed E-state index contributed by atoms with van der Waals surface area (Å²) in [6, 6.07) is 25.2. The van der Waals surface area contributed by atoms with Crippen LogP contribution in [0.3, 0.4) is 0 Å². The first-order valence-corrected chi connectivity index (χ1v) is 11.1. The minimum Gasteiger partial charge on any atom is -0.493 e. The van der Waals surface area contributed by atoms with E-state index in [4.69, 9.17) is 9.47 Å². The maximum absolute atomic E-state index is 6.06. The first-order chi connectivity index (χ1) is 14.7. The average Bonchev–Trinajstić information content (AvgIpc) is 2.80. The Bertz CT molecular complexity index is 958. The Balaban J connectivity index is 1.63. The first kappa shape index (κ1) is 20.9. The van der Waals surface area contributed by atoms with Crippen LogP contribution in [0.25, 0.3) is 0 Å². The van der Waals surface area contributed by atoms with Crippen molar-refractivity contribution in [1.29, 1.82) is 0 Å². The summed E-state index contributed by atoms with van der Waals surface area (Å²) in [4.78, 5) is 2.53. The zero-order valence-electron chi connectivity index (χ0n) is 17.2. The molecule has 4 nitrogen and oxygen atoms in total. The summed E-state index contributed by atoms with van der Waals surface area (Å²) in [6.45, 7) is 4.53. The van der Waals surface area contributed by atoms with Gasteiger partial charge in [-0.25, -0.2) is 0 Å². The number of rotatable bonds is 7. The Labute approximate surface area is 186 Å². The zero-order valence-corrected chi connectivity index (χ0v) is 18.8. The van der Waals surface area contributed by atoms with Crippen LogP contribution in [0.1, 0.15) is 22.7 Å². The Hall–Kier alpha value is -2.34. The van der Waals surface area contributed by atoms with Crippen molar-refractivity contribution >= 4 is 15.9 Å². The van der Waals surface area contributed by atoms with E-state index >= 15 is 0 Å². The van der Waals surface area contributed by atoms with Gasteiger partial charge in [-0.2, -0.15) is 0 Å². The highest BCUT2D eigenvalue weighted by Gasteiger charge is 2.25. The van der Waals surface area contributed by atoms with Crippen molar-refractivity contribution in [2.24, 2.45) is 0 Å². The van der Waals surface area contributed by atoms with Gasteiger partial charge in [-0.1, -0.05) is 64.5 Å². The maximum atomic E-state index is 6.06. The van der Waals surface area contributed by atoms with Gasteiger partial charge in [0, 0.05) is 30.7 Å². The summed E-state index contributed by atoms with van der Waals surface area (Å²) in [5.41, 5.74) is 3.61. The molecule has 1 atom stereocenters. The number of methoxy groups -OCH3 is 1. The highest BCUT2D eigenvalue weighted by Crippen LogP contribution is 2.36. The molecule has 0 bridgehead atoms. The van der Waals surface area contributed by atoms with E-state index in [1.54, 1.807) is 7.11 Å². The smallest absolute Gasteiger partial charge is 0.161 e. The highest BCUT2D eigenvalue weighted by atomic mass is 79.9. The number of hydrogen-bond donors (Lipinski definition) is 1. The van der Waals surface area contributed by atoms with E-state index in [9.17, 15) is 0 Å². The lowest BCUT2D eigenvalue weighted by molar-refractivity contribution is 0.198. The van der Waals surface area contributed by atoms with Crippen molar-refractivity contribution in [3.8, 4) is 11.5 Å². The van der Waals surface area contributed by atoms with Crippen LogP contribution in [0.5, 0.6) is 11.5 Å². The van der Waals surface area contributed by atoms with Crippen LogP contribution >= 0.6 is 15.9 Å². The van der Waals surface area contributed by atoms with Gasteiger partial charge in [-0.05, 0) is 41.0 Å². The third-order valence-corrected chi connectivity index (χ3v) is 5.91. The number of ether oxygens (including phenoxy) is 2. The Kier molecular flexibility index (Phi) is 7.05. The fourth-order valence-corrected chi connectivity index (χ4v) is 4.36. The van der Waals surface area contributed by atoms with Crippen LogP contribution in [0.2, 0.25) is 0 Å². The summed E-state index contributed by atoms with van der Waals surface area (Å²) < 4.78 is 12.9. The normalized spacial score (nSPS) is 15.5. The number of hydrogen-bond acceptors (Lipinski definition) is 4. The molecule has 1 saturated heterocycles. The molecule has 1 aliphatic heterocycles. The highest BCUT2D eigenvalue weighted by molar-refractivity contribution is 9.10. The quantitative estimate of drug-likeness (QED) is 0.529. The molecular weight excluding hydrogens is 440 g/mol. The second-order valence-corrected chi connectivity index (χ2v) is 8.34. The molecule has 1 fully saturated rings. The van der Waals surface area contributed by atoms with Crippen molar-refractivity contribution in [3.63, 3.8) is 0 Å². The average molecular weight is 467 g/mol. The first-order valence-electron chi connectivity index (χ1n) is 10.3. The van der Waals surface area contributed by atoms with Crippen LogP contribution in [0, 0.1) is 0 Å². The van der Waals surface area contributed by atoms with Gasteiger partial charge >= 0.3 is 0 Å². The minimum absolute atomic E-state index is 0.168. The van der Waals surface area contributed by atoms with E-state index in [2.05, 4.69) is 74.7 Å². The molecule has 0 radical (unpaired) electrons. The van der Waals surface area contributed by atoms with Gasteiger partial charge in [0.05, 0.1) is 13.2 Å². The molecule has 0 saturated carbocycles. The standard InChI is InChI=1S/C25H27BrN2O2/c1-29-24-17-21(10-11-23(24)30-18-19-6-3-2-4-7-19)25(28-14-12-27-13-15-28)20-8-5-9-22(26)16-20/h2-11,16-17,25,27H,12-15,18H2,1H3. The number of benzene rings is 3. The van der Waals surface area contributed by atoms with Crippen LogP contribution in [-0.2, 0) is 6.61 Å².